The molecule has 0 aliphatic heterocycles. The molecule has 2 aromatic heterocycles. The molecule has 1 aromatic carbocycles. The maximum Gasteiger partial charge on any atom is 0.359 e. The van der Waals surface area contributed by atoms with E-state index in [0.717, 1.165) is 23.5 Å². The third-order valence-corrected chi connectivity index (χ3v) is 4.35. The van der Waals surface area contributed by atoms with Crippen LogP contribution in [0.15, 0.2) is 36.0 Å². The SMILES string of the molecule is Cc1cnc(C(=O)O[C@H](C)C(=O)Nc2nc(-c3ccc(F)c(F)c3)cs2)cn1. The van der Waals surface area contributed by atoms with E-state index in [1.165, 1.54) is 25.4 Å². The van der Waals surface area contributed by atoms with Gasteiger partial charge in [-0.2, -0.15) is 0 Å². The predicted octanol–water partition coefficient (Wildman–Crippen LogP) is 3.37. The largest absolute Gasteiger partial charge is 0.448 e. The van der Waals surface area contributed by atoms with E-state index < -0.39 is 29.6 Å². The highest BCUT2D eigenvalue weighted by Gasteiger charge is 2.21. The number of benzene rings is 1. The van der Waals surface area contributed by atoms with Crippen molar-refractivity contribution in [1.29, 1.82) is 0 Å². The molecule has 144 valence electrons. The summed E-state index contributed by atoms with van der Waals surface area (Å²) in [6, 6.07) is 3.40. The van der Waals surface area contributed by atoms with Crippen LogP contribution in [0, 0.1) is 18.6 Å². The number of nitrogens with one attached hydrogen (secondary N) is 1. The van der Waals surface area contributed by atoms with E-state index in [1.54, 1.807) is 12.3 Å². The number of amides is 1. The van der Waals surface area contributed by atoms with Crippen LogP contribution in [0.2, 0.25) is 0 Å². The summed E-state index contributed by atoms with van der Waals surface area (Å²) in [6.45, 7) is 3.12. The number of hydrogen-bond acceptors (Lipinski definition) is 7. The first-order valence-corrected chi connectivity index (χ1v) is 8.93. The molecule has 28 heavy (non-hydrogen) atoms. The van der Waals surface area contributed by atoms with Crippen LogP contribution in [0.5, 0.6) is 0 Å². The van der Waals surface area contributed by atoms with Crippen LogP contribution in [0.1, 0.15) is 23.1 Å². The molecule has 0 aliphatic carbocycles. The summed E-state index contributed by atoms with van der Waals surface area (Å²) in [6.07, 6.45) is 1.57. The molecule has 0 radical (unpaired) electrons. The standard InChI is InChI=1S/C18H14F2N4O3S/c1-9-6-22-14(7-21-9)17(26)27-10(2)16(25)24-18-23-15(8-28-18)11-3-4-12(19)13(20)5-11/h3-8,10H,1-2H3,(H,23,24,25)/t10-/m1/s1. The van der Waals surface area contributed by atoms with E-state index in [4.69, 9.17) is 4.74 Å². The number of anilines is 1. The van der Waals surface area contributed by atoms with Crippen molar-refractivity contribution < 1.29 is 23.1 Å². The van der Waals surface area contributed by atoms with Gasteiger partial charge in [-0.1, -0.05) is 0 Å². The molecule has 0 saturated heterocycles. The summed E-state index contributed by atoms with van der Waals surface area (Å²) >= 11 is 1.09. The number of carbonyl (C=O) groups excluding carboxylic acids is 2. The molecule has 0 fully saturated rings. The van der Waals surface area contributed by atoms with Crippen LogP contribution < -0.4 is 5.32 Å². The highest BCUT2D eigenvalue weighted by atomic mass is 32.1. The number of aryl methyl sites for hydroxylation is 1. The van der Waals surface area contributed by atoms with E-state index in [1.807, 2.05) is 0 Å². The van der Waals surface area contributed by atoms with E-state index in [9.17, 15) is 18.4 Å². The number of esters is 1. The van der Waals surface area contributed by atoms with Crippen molar-refractivity contribution in [2.45, 2.75) is 20.0 Å². The summed E-state index contributed by atoms with van der Waals surface area (Å²) in [5, 5.41) is 4.32. The molecule has 1 amide bonds. The minimum absolute atomic E-state index is 0.0138. The van der Waals surface area contributed by atoms with Crippen LogP contribution in [0.25, 0.3) is 11.3 Å². The molecule has 0 spiro atoms. The second-order valence-electron chi connectivity index (χ2n) is 5.75. The lowest BCUT2D eigenvalue weighted by molar-refractivity contribution is -0.123. The molecule has 0 saturated carbocycles. The Morgan fingerprint density at radius 3 is 2.64 bits per heavy atom. The van der Waals surface area contributed by atoms with Gasteiger partial charge in [-0.05, 0) is 32.0 Å². The van der Waals surface area contributed by atoms with Crippen molar-refractivity contribution in [3.05, 3.63) is 59.0 Å². The van der Waals surface area contributed by atoms with Gasteiger partial charge in [0, 0.05) is 17.1 Å². The molecule has 0 unspecified atom stereocenters. The molecular formula is C18H14F2N4O3S. The zero-order chi connectivity index (χ0) is 20.3. The lowest BCUT2D eigenvalue weighted by Crippen LogP contribution is -2.30. The maximum atomic E-state index is 13.3. The van der Waals surface area contributed by atoms with Crippen LogP contribution >= 0.6 is 11.3 Å². The zero-order valence-corrected chi connectivity index (χ0v) is 15.6. The Balaban J connectivity index is 1.62. The Morgan fingerprint density at radius 1 is 1.18 bits per heavy atom. The van der Waals surface area contributed by atoms with Gasteiger partial charge in [0.05, 0.1) is 17.6 Å². The fraction of sp³-hybridized carbons (Fsp3) is 0.167. The highest BCUT2D eigenvalue weighted by molar-refractivity contribution is 7.14. The van der Waals surface area contributed by atoms with Crippen molar-refractivity contribution in [1.82, 2.24) is 15.0 Å². The second kappa shape index (κ2) is 8.17. The predicted molar refractivity (Wildman–Crippen MR) is 97.7 cm³/mol. The van der Waals surface area contributed by atoms with Crippen LogP contribution in [-0.2, 0) is 9.53 Å². The topological polar surface area (TPSA) is 94.1 Å². The van der Waals surface area contributed by atoms with Crippen LogP contribution in [0.4, 0.5) is 13.9 Å². The van der Waals surface area contributed by atoms with Gasteiger partial charge in [0.25, 0.3) is 5.91 Å². The Bertz CT molecular complexity index is 1020. The minimum atomic E-state index is -1.11. The lowest BCUT2D eigenvalue weighted by Gasteiger charge is -2.11. The fourth-order valence-electron chi connectivity index (χ4n) is 2.10. The van der Waals surface area contributed by atoms with Gasteiger partial charge >= 0.3 is 5.97 Å². The van der Waals surface area contributed by atoms with Gasteiger partial charge in [-0.3, -0.25) is 15.1 Å². The van der Waals surface area contributed by atoms with E-state index in [2.05, 4.69) is 20.3 Å². The van der Waals surface area contributed by atoms with E-state index in [0.29, 0.717) is 17.0 Å². The quantitative estimate of drug-likeness (QED) is 0.656. The molecular weight excluding hydrogens is 390 g/mol. The number of ether oxygens (including phenoxy) is 1. The number of halogens is 2. The van der Waals surface area contributed by atoms with Crippen molar-refractivity contribution >= 4 is 28.3 Å². The van der Waals surface area contributed by atoms with Gasteiger partial charge in [0.1, 0.15) is 0 Å². The molecule has 1 atom stereocenters. The smallest absolute Gasteiger partial charge is 0.359 e. The summed E-state index contributed by atoms with van der Waals surface area (Å²) in [5.74, 6) is -3.33. The monoisotopic (exact) mass is 404 g/mol. The molecule has 2 heterocycles. The summed E-state index contributed by atoms with van der Waals surface area (Å²) in [5.41, 5.74) is 1.37. The first-order valence-electron chi connectivity index (χ1n) is 8.05. The van der Waals surface area contributed by atoms with Crippen molar-refractivity contribution in [2.75, 3.05) is 5.32 Å². The van der Waals surface area contributed by atoms with E-state index >= 15 is 0 Å². The van der Waals surface area contributed by atoms with Gasteiger partial charge in [-0.25, -0.2) is 23.5 Å². The van der Waals surface area contributed by atoms with Crippen LogP contribution in [-0.4, -0.2) is 32.9 Å². The number of carbonyl (C=O) groups is 2. The number of nitrogens with zero attached hydrogens (tertiary/aromatic N) is 3. The van der Waals surface area contributed by atoms with Gasteiger partial charge in [0.15, 0.2) is 28.6 Å². The zero-order valence-electron chi connectivity index (χ0n) is 14.8. The first-order chi connectivity index (χ1) is 13.3. The Labute approximate surface area is 162 Å². The fourth-order valence-corrected chi connectivity index (χ4v) is 2.82. The molecule has 0 bridgehead atoms. The number of hydrogen-bond donors (Lipinski definition) is 1. The van der Waals surface area contributed by atoms with Crippen molar-refractivity contribution in [3.8, 4) is 11.3 Å². The second-order valence-corrected chi connectivity index (χ2v) is 6.60. The lowest BCUT2D eigenvalue weighted by atomic mass is 10.2. The Kier molecular flexibility index (Phi) is 5.69. The number of aromatic nitrogens is 3. The molecule has 3 aromatic rings. The maximum absolute atomic E-state index is 13.3. The van der Waals surface area contributed by atoms with Crippen molar-refractivity contribution in [3.63, 3.8) is 0 Å². The number of thiazole rings is 1. The highest BCUT2D eigenvalue weighted by Crippen LogP contribution is 2.26. The summed E-state index contributed by atoms with van der Waals surface area (Å²) in [7, 11) is 0. The summed E-state index contributed by atoms with van der Waals surface area (Å²) in [4.78, 5) is 36.2. The first kappa shape index (κ1) is 19.5. The van der Waals surface area contributed by atoms with Gasteiger partial charge in [0.2, 0.25) is 0 Å². The summed E-state index contributed by atoms with van der Waals surface area (Å²) < 4.78 is 31.4. The molecule has 1 N–H and O–H groups in total. The third-order valence-electron chi connectivity index (χ3n) is 3.59. The average Bonchev–Trinajstić information content (AvgIpc) is 3.12. The van der Waals surface area contributed by atoms with Gasteiger partial charge in [-0.15, -0.1) is 11.3 Å². The molecule has 7 nitrogen and oxygen atoms in total. The minimum Gasteiger partial charge on any atom is -0.448 e. The molecule has 0 aliphatic rings. The van der Waals surface area contributed by atoms with Gasteiger partial charge < -0.3 is 4.74 Å². The molecule has 3 rings (SSSR count). The average molecular weight is 404 g/mol. The molecule has 10 heteroatoms. The number of rotatable bonds is 5. The Hall–Kier alpha value is -3.27. The van der Waals surface area contributed by atoms with Crippen molar-refractivity contribution in [2.24, 2.45) is 0 Å². The van der Waals surface area contributed by atoms with E-state index in [-0.39, 0.29) is 10.8 Å². The normalized spacial score (nSPS) is 11.7. The Morgan fingerprint density at radius 2 is 1.96 bits per heavy atom. The van der Waals surface area contributed by atoms with Crippen LogP contribution in [0.3, 0.4) is 0 Å². The third kappa shape index (κ3) is 4.52.